The molecule has 0 bridgehead atoms. The zero-order valence-corrected chi connectivity index (χ0v) is 8.34. The summed E-state index contributed by atoms with van der Waals surface area (Å²) in [7, 11) is 0. The van der Waals surface area contributed by atoms with Crippen LogP contribution in [0.25, 0.3) is 0 Å². The van der Waals surface area contributed by atoms with E-state index in [1.807, 2.05) is 12.1 Å². The van der Waals surface area contributed by atoms with Crippen molar-refractivity contribution >= 4 is 16.9 Å². The third-order valence-corrected chi connectivity index (χ3v) is 2.97. The molecule has 1 unspecified atom stereocenters. The molecule has 74 valence electrons. The summed E-state index contributed by atoms with van der Waals surface area (Å²) in [6.07, 6.45) is 1.37. The lowest BCUT2D eigenvalue weighted by atomic mass is 10.1. The highest BCUT2D eigenvalue weighted by Crippen LogP contribution is 2.23. The van der Waals surface area contributed by atoms with Crippen molar-refractivity contribution in [1.29, 1.82) is 0 Å². The summed E-state index contributed by atoms with van der Waals surface area (Å²) in [6.45, 7) is 0. The SMILES string of the molecule is O=C1CCc2ccc(CS(=O)O)cc21. The van der Waals surface area contributed by atoms with Gasteiger partial charge < -0.3 is 4.55 Å². The molecular weight excluding hydrogens is 200 g/mol. The molecule has 2 rings (SSSR count). The minimum atomic E-state index is -1.84. The Morgan fingerprint density at radius 2 is 2.14 bits per heavy atom. The first-order valence-corrected chi connectivity index (χ1v) is 5.67. The smallest absolute Gasteiger partial charge is 0.163 e. The second kappa shape index (κ2) is 3.63. The fourth-order valence-electron chi connectivity index (χ4n) is 1.72. The maximum Gasteiger partial charge on any atom is 0.163 e. The average molecular weight is 210 g/mol. The van der Waals surface area contributed by atoms with E-state index in [9.17, 15) is 9.00 Å². The van der Waals surface area contributed by atoms with Gasteiger partial charge in [-0.2, -0.15) is 0 Å². The Morgan fingerprint density at radius 3 is 2.86 bits per heavy atom. The molecule has 3 nitrogen and oxygen atoms in total. The predicted molar refractivity (Wildman–Crippen MR) is 53.6 cm³/mol. The number of Topliss-reactive ketones (excluding diaryl/α,β-unsaturated/α-hetero) is 1. The van der Waals surface area contributed by atoms with E-state index >= 15 is 0 Å². The molecule has 0 radical (unpaired) electrons. The first kappa shape index (κ1) is 9.55. The highest BCUT2D eigenvalue weighted by Gasteiger charge is 2.19. The largest absolute Gasteiger partial charge is 0.306 e. The molecule has 14 heavy (non-hydrogen) atoms. The molecule has 0 aliphatic heterocycles. The van der Waals surface area contributed by atoms with Crippen LogP contribution in [0.2, 0.25) is 0 Å². The van der Waals surface area contributed by atoms with Gasteiger partial charge in [-0.05, 0) is 23.6 Å². The maximum atomic E-state index is 11.4. The molecule has 1 aromatic rings. The van der Waals surface area contributed by atoms with E-state index in [0.717, 1.165) is 23.1 Å². The van der Waals surface area contributed by atoms with Crippen LogP contribution in [0.5, 0.6) is 0 Å². The molecule has 1 aliphatic rings. The Morgan fingerprint density at radius 1 is 1.36 bits per heavy atom. The van der Waals surface area contributed by atoms with Gasteiger partial charge in [0, 0.05) is 12.0 Å². The minimum absolute atomic E-state index is 0.0978. The van der Waals surface area contributed by atoms with Gasteiger partial charge in [0.1, 0.15) is 0 Å². The zero-order chi connectivity index (χ0) is 10.1. The number of carbonyl (C=O) groups is 1. The number of fused-ring (bicyclic) bond motifs is 1. The summed E-state index contributed by atoms with van der Waals surface area (Å²) >= 11 is -1.84. The molecule has 1 aliphatic carbocycles. The van der Waals surface area contributed by atoms with Gasteiger partial charge in [-0.1, -0.05) is 12.1 Å². The monoisotopic (exact) mass is 210 g/mol. The van der Waals surface area contributed by atoms with Crippen LogP contribution in [-0.4, -0.2) is 14.5 Å². The lowest BCUT2D eigenvalue weighted by molar-refractivity contribution is 0.0994. The standard InChI is InChI=1S/C10H10O3S/c11-10-4-3-8-2-1-7(5-9(8)10)6-14(12)13/h1-2,5H,3-4,6H2,(H,12,13). The molecular formula is C10H10O3S. The van der Waals surface area contributed by atoms with Crippen molar-refractivity contribution in [2.24, 2.45) is 0 Å². The van der Waals surface area contributed by atoms with Crippen LogP contribution in [0.15, 0.2) is 18.2 Å². The van der Waals surface area contributed by atoms with E-state index in [1.54, 1.807) is 6.07 Å². The summed E-state index contributed by atoms with van der Waals surface area (Å²) < 4.78 is 19.3. The lowest BCUT2D eigenvalue weighted by Crippen LogP contribution is -1.97. The predicted octanol–water partition coefficient (Wildman–Crippen LogP) is 1.54. The summed E-state index contributed by atoms with van der Waals surface area (Å²) in [5.41, 5.74) is 2.54. The van der Waals surface area contributed by atoms with E-state index in [1.165, 1.54) is 0 Å². The molecule has 0 aromatic heterocycles. The van der Waals surface area contributed by atoms with Crippen LogP contribution in [-0.2, 0) is 23.3 Å². The first-order valence-electron chi connectivity index (χ1n) is 4.39. The summed E-state index contributed by atoms with van der Waals surface area (Å²) in [5.74, 6) is 0.242. The molecule has 0 spiro atoms. The van der Waals surface area contributed by atoms with E-state index in [0.29, 0.717) is 6.42 Å². The van der Waals surface area contributed by atoms with Crippen molar-refractivity contribution in [2.45, 2.75) is 18.6 Å². The molecule has 1 atom stereocenters. The second-order valence-electron chi connectivity index (χ2n) is 3.38. The van der Waals surface area contributed by atoms with Crippen LogP contribution in [0.4, 0.5) is 0 Å². The molecule has 0 saturated carbocycles. The Hall–Kier alpha value is -1.00. The number of ketones is 1. The van der Waals surface area contributed by atoms with Gasteiger partial charge in [0.2, 0.25) is 0 Å². The van der Waals surface area contributed by atoms with Crippen LogP contribution in [0, 0.1) is 0 Å². The average Bonchev–Trinajstić information content (AvgIpc) is 2.47. The number of hydrogen-bond donors (Lipinski definition) is 1. The number of rotatable bonds is 2. The normalized spacial score (nSPS) is 16.8. The van der Waals surface area contributed by atoms with Gasteiger partial charge in [-0.15, -0.1) is 0 Å². The molecule has 0 saturated heterocycles. The highest BCUT2D eigenvalue weighted by atomic mass is 32.2. The minimum Gasteiger partial charge on any atom is -0.306 e. The third kappa shape index (κ3) is 1.76. The summed E-state index contributed by atoms with van der Waals surface area (Å²) in [4.78, 5) is 11.4. The molecule has 4 heteroatoms. The maximum absolute atomic E-state index is 11.4. The third-order valence-electron chi connectivity index (χ3n) is 2.39. The van der Waals surface area contributed by atoms with Crippen LogP contribution in [0.3, 0.4) is 0 Å². The van der Waals surface area contributed by atoms with Gasteiger partial charge >= 0.3 is 0 Å². The van der Waals surface area contributed by atoms with Gasteiger partial charge in [-0.25, -0.2) is 4.21 Å². The number of aryl methyl sites for hydroxylation is 1. The summed E-state index contributed by atoms with van der Waals surface area (Å²) in [6, 6.07) is 5.42. The van der Waals surface area contributed by atoms with E-state index in [4.69, 9.17) is 4.55 Å². The molecule has 1 aromatic carbocycles. The Labute approximate surface area is 84.4 Å². The van der Waals surface area contributed by atoms with Gasteiger partial charge in [0.25, 0.3) is 0 Å². The van der Waals surface area contributed by atoms with Gasteiger partial charge in [0.05, 0.1) is 5.75 Å². The fraction of sp³-hybridized carbons (Fsp3) is 0.300. The molecule has 1 N–H and O–H groups in total. The topological polar surface area (TPSA) is 54.4 Å². The highest BCUT2D eigenvalue weighted by molar-refractivity contribution is 7.78. The number of benzene rings is 1. The van der Waals surface area contributed by atoms with Crippen molar-refractivity contribution in [3.8, 4) is 0 Å². The van der Waals surface area contributed by atoms with Gasteiger partial charge in [-0.3, -0.25) is 4.79 Å². The van der Waals surface area contributed by atoms with Crippen LogP contribution < -0.4 is 0 Å². The number of hydrogen-bond acceptors (Lipinski definition) is 2. The first-order chi connectivity index (χ1) is 6.66. The van der Waals surface area contributed by atoms with E-state index in [2.05, 4.69) is 0 Å². The van der Waals surface area contributed by atoms with Crippen LogP contribution >= 0.6 is 0 Å². The molecule has 0 fully saturated rings. The Bertz CT molecular complexity index is 412. The van der Waals surface area contributed by atoms with Crippen molar-refractivity contribution in [3.05, 3.63) is 34.9 Å². The van der Waals surface area contributed by atoms with Gasteiger partial charge in [0.15, 0.2) is 16.9 Å². The van der Waals surface area contributed by atoms with E-state index in [-0.39, 0.29) is 11.5 Å². The molecule has 0 heterocycles. The number of carbonyl (C=O) groups excluding carboxylic acids is 1. The zero-order valence-electron chi connectivity index (χ0n) is 7.53. The quantitative estimate of drug-likeness (QED) is 0.753. The Balaban J connectivity index is 2.35. The van der Waals surface area contributed by atoms with E-state index < -0.39 is 11.1 Å². The van der Waals surface area contributed by atoms with Crippen LogP contribution in [0.1, 0.15) is 27.9 Å². The van der Waals surface area contributed by atoms with Crippen molar-refractivity contribution in [3.63, 3.8) is 0 Å². The Kier molecular flexibility index (Phi) is 2.48. The van der Waals surface area contributed by atoms with Crippen molar-refractivity contribution < 1.29 is 13.6 Å². The van der Waals surface area contributed by atoms with Crippen molar-refractivity contribution in [2.75, 3.05) is 0 Å². The summed E-state index contributed by atoms with van der Waals surface area (Å²) in [5, 5.41) is 0. The lowest BCUT2D eigenvalue weighted by Gasteiger charge is -2.01. The second-order valence-corrected chi connectivity index (χ2v) is 4.31. The van der Waals surface area contributed by atoms with Crippen molar-refractivity contribution in [1.82, 2.24) is 0 Å². The molecule has 0 amide bonds. The fourth-order valence-corrected chi connectivity index (χ4v) is 2.18.